The fourth-order valence-corrected chi connectivity index (χ4v) is 5.38. The maximum absolute atomic E-state index is 15.2. The number of H-pyrrole nitrogens is 1. The number of ether oxygens (including phenoxy) is 2. The number of benzene rings is 2. The maximum Gasteiger partial charge on any atom is 0.247 e. The number of fused-ring (bicyclic) bond motifs is 1. The van der Waals surface area contributed by atoms with E-state index in [1.54, 1.807) is 0 Å². The van der Waals surface area contributed by atoms with Gasteiger partial charge >= 0.3 is 0 Å². The van der Waals surface area contributed by atoms with Crippen LogP contribution in [0.3, 0.4) is 0 Å². The van der Waals surface area contributed by atoms with Crippen molar-refractivity contribution in [1.82, 2.24) is 15.5 Å². The number of carbonyl (C=O) groups excluding carboxylic acids is 1. The first kappa shape index (κ1) is 25.7. The van der Waals surface area contributed by atoms with E-state index in [0.29, 0.717) is 24.9 Å². The molecule has 2 aromatic carbocycles. The Hall–Kier alpha value is -3.92. The summed E-state index contributed by atoms with van der Waals surface area (Å²) in [5.41, 5.74) is 4.92. The number of nitrogens with one attached hydrogen (secondary N) is 3. The maximum atomic E-state index is 15.2. The largest absolute Gasteiger partial charge is 0.494 e. The van der Waals surface area contributed by atoms with E-state index in [4.69, 9.17) is 9.47 Å². The number of carbonyl (C=O) groups is 1. The van der Waals surface area contributed by atoms with E-state index in [2.05, 4.69) is 32.3 Å². The summed E-state index contributed by atoms with van der Waals surface area (Å²) in [5.74, 6) is -2.27. The summed E-state index contributed by atoms with van der Waals surface area (Å²) in [4.78, 5) is 14.5. The van der Waals surface area contributed by atoms with Gasteiger partial charge in [-0.3, -0.25) is 9.89 Å². The van der Waals surface area contributed by atoms with E-state index < -0.39 is 17.6 Å². The molecular weight excluding hydrogens is 492 g/mol. The molecule has 1 aliphatic heterocycles. The van der Waals surface area contributed by atoms with Crippen LogP contribution < -0.4 is 25.0 Å². The number of aromatic amines is 1. The SMILES string of the molecule is C=CC(=O)Nc1ccc(N2CCNCC2)cc1-c1n[nH]c2c1CCC(c1c(F)c(OC)cc(OC)c1F)C2. The van der Waals surface area contributed by atoms with Crippen molar-refractivity contribution >= 4 is 17.3 Å². The van der Waals surface area contributed by atoms with Gasteiger partial charge in [0.2, 0.25) is 5.91 Å². The van der Waals surface area contributed by atoms with Gasteiger partial charge in [0.25, 0.3) is 0 Å². The summed E-state index contributed by atoms with van der Waals surface area (Å²) in [6.45, 7) is 7.10. The third kappa shape index (κ3) is 4.71. The lowest BCUT2D eigenvalue weighted by Crippen LogP contribution is -2.43. The van der Waals surface area contributed by atoms with E-state index >= 15 is 8.78 Å². The zero-order valence-corrected chi connectivity index (χ0v) is 21.5. The number of halogens is 2. The number of hydrogen-bond donors (Lipinski definition) is 3. The van der Waals surface area contributed by atoms with Crippen molar-refractivity contribution in [3.05, 3.63) is 65.4 Å². The van der Waals surface area contributed by atoms with Crippen molar-refractivity contribution < 1.29 is 23.0 Å². The Bertz CT molecular complexity index is 1340. The van der Waals surface area contributed by atoms with E-state index in [1.165, 1.54) is 26.4 Å². The number of nitrogens with zero attached hydrogens (tertiary/aromatic N) is 2. The van der Waals surface area contributed by atoms with E-state index in [1.807, 2.05) is 18.2 Å². The first-order valence-electron chi connectivity index (χ1n) is 12.6. The molecule has 1 amide bonds. The van der Waals surface area contributed by atoms with Crippen molar-refractivity contribution in [2.75, 3.05) is 50.6 Å². The molecule has 10 heteroatoms. The van der Waals surface area contributed by atoms with Crippen LogP contribution in [0, 0.1) is 11.6 Å². The lowest BCUT2D eigenvalue weighted by molar-refractivity contribution is -0.111. The molecule has 1 fully saturated rings. The standard InChI is InChI=1S/C28H31F2N5O3/c1-4-24(36)32-20-8-6-17(35-11-9-31-10-12-35)14-19(20)28-18-7-5-16(13-21(18)33-34-28)25-26(29)22(37-2)15-23(38-3)27(25)30/h4,6,8,14-16,31H,1,5,7,9-13H2,2-3H3,(H,32,36)(H,33,34). The smallest absolute Gasteiger partial charge is 0.247 e. The molecule has 2 aliphatic rings. The number of amides is 1. The Balaban J connectivity index is 1.52. The van der Waals surface area contributed by atoms with Crippen LogP contribution in [0.4, 0.5) is 20.2 Å². The summed E-state index contributed by atoms with van der Waals surface area (Å²) < 4.78 is 40.7. The molecule has 1 aromatic heterocycles. The monoisotopic (exact) mass is 523 g/mol. The molecule has 3 aromatic rings. The van der Waals surface area contributed by atoms with Gasteiger partial charge in [0.15, 0.2) is 23.1 Å². The number of aromatic nitrogens is 2. The van der Waals surface area contributed by atoms with Crippen molar-refractivity contribution in [2.45, 2.75) is 25.2 Å². The fraction of sp³-hybridized carbons (Fsp3) is 0.357. The molecular formula is C28H31F2N5O3. The minimum absolute atomic E-state index is 0.0392. The lowest BCUT2D eigenvalue weighted by Gasteiger charge is -2.30. The van der Waals surface area contributed by atoms with Gasteiger partial charge in [-0.25, -0.2) is 8.78 Å². The number of methoxy groups -OCH3 is 2. The zero-order valence-electron chi connectivity index (χ0n) is 21.5. The first-order chi connectivity index (χ1) is 18.4. The minimum atomic E-state index is -0.711. The van der Waals surface area contributed by atoms with Crippen LogP contribution in [-0.2, 0) is 17.6 Å². The summed E-state index contributed by atoms with van der Waals surface area (Å²) >= 11 is 0. The van der Waals surface area contributed by atoms with Gasteiger partial charge in [-0.2, -0.15) is 5.10 Å². The molecule has 0 bridgehead atoms. The van der Waals surface area contributed by atoms with Crippen LogP contribution >= 0.6 is 0 Å². The van der Waals surface area contributed by atoms with Gasteiger partial charge in [0.1, 0.15) is 0 Å². The lowest BCUT2D eigenvalue weighted by atomic mass is 9.81. The van der Waals surface area contributed by atoms with Gasteiger partial charge in [0, 0.05) is 60.3 Å². The molecule has 1 aliphatic carbocycles. The van der Waals surface area contributed by atoms with E-state index in [0.717, 1.165) is 54.4 Å². The van der Waals surface area contributed by atoms with Gasteiger partial charge in [0.05, 0.1) is 25.6 Å². The van der Waals surface area contributed by atoms with Crippen molar-refractivity contribution in [3.63, 3.8) is 0 Å². The summed E-state index contributed by atoms with van der Waals surface area (Å²) in [5, 5.41) is 14.0. The summed E-state index contributed by atoms with van der Waals surface area (Å²) in [7, 11) is 2.69. The fourth-order valence-electron chi connectivity index (χ4n) is 5.38. The molecule has 3 N–H and O–H groups in total. The first-order valence-corrected chi connectivity index (χ1v) is 12.6. The van der Waals surface area contributed by atoms with Gasteiger partial charge in [-0.15, -0.1) is 0 Å². The Morgan fingerprint density at radius 3 is 2.53 bits per heavy atom. The predicted molar refractivity (Wildman–Crippen MR) is 142 cm³/mol. The molecule has 0 radical (unpaired) electrons. The highest BCUT2D eigenvalue weighted by Crippen LogP contribution is 2.43. The Morgan fingerprint density at radius 2 is 1.87 bits per heavy atom. The average molecular weight is 524 g/mol. The predicted octanol–water partition coefficient (Wildman–Crippen LogP) is 4.18. The molecule has 1 saturated heterocycles. The second-order valence-electron chi connectivity index (χ2n) is 9.45. The molecule has 1 unspecified atom stereocenters. The van der Waals surface area contributed by atoms with Gasteiger partial charge < -0.3 is 25.0 Å². The second-order valence-corrected chi connectivity index (χ2v) is 9.45. The van der Waals surface area contributed by atoms with Crippen molar-refractivity contribution in [3.8, 4) is 22.8 Å². The number of rotatable bonds is 7. The van der Waals surface area contributed by atoms with Gasteiger partial charge in [-0.1, -0.05) is 6.58 Å². The summed E-state index contributed by atoms with van der Waals surface area (Å²) in [6.07, 6.45) is 2.66. The second kappa shape index (κ2) is 10.8. The molecule has 2 heterocycles. The summed E-state index contributed by atoms with van der Waals surface area (Å²) in [6, 6.07) is 7.14. The van der Waals surface area contributed by atoms with Crippen LogP contribution in [0.15, 0.2) is 36.9 Å². The van der Waals surface area contributed by atoms with Crippen molar-refractivity contribution in [2.24, 2.45) is 0 Å². The number of anilines is 2. The third-order valence-electron chi connectivity index (χ3n) is 7.35. The van der Waals surface area contributed by atoms with Crippen LogP contribution in [-0.4, -0.2) is 56.5 Å². The molecule has 0 saturated carbocycles. The average Bonchev–Trinajstić information content (AvgIpc) is 3.37. The third-order valence-corrected chi connectivity index (χ3v) is 7.35. The van der Waals surface area contributed by atoms with E-state index in [-0.39, 0.29) is 23.0 Å². The topological polar surface area (TPSA) is 91.5 Å². The number of piperazine rings is 1. The molecule has 0 spiro atoms. The Labute approximate surface area is 220 Å². The Morgan fingerprint density at radius 1 is 1.16 bits per heavy atom. The van der Waals surface area contributed by atoms with Crippen LogP contribution in [0.2, 0.25) is 0 Å². The highest BCUT2D eigenvalue weighted by atomic mass is 19.1. The molecule has 200 valence electrons. The highest BCUT2D eigenvalue weighted by Gasteiger charge is 2.32. The highest BCUT2D eigenvalue weighted by molar-refractivity contribution is 6.02. The molecule has 38 heavy (non-hydrogen) atoms. The van der Waals surface area contributed by atoms with Gasteiger partial charge in [-0.05, 0) is 49.5 Å². The van der Waals surface area contributed by atoms with Crippen LogP contribution in [0.1, 0.15) is 29.2 Å². The molecule has 5 rings (SSSR count). The molecule has 1 atom stereocenters. The van der Waals surface area contributed by atoms with Crippen LogP contribution in [0.5, 0.6) is 11.5 Å². The normalized spacial score (nSPS) is 17.1. The zero-order chi connectivity index (χ0) is 26.8. The Kier molecular flexibility index (Phi) is 7.33. The van der Waals surface area contributed by atoms with E-state index in [9.17, 15) is 4.79 Å². The van der Waals surface area contributed by atoms with Crippen LogP contribution in [0.25, 0.3) is 11.3 Å². The number of hydrogen-bond acceptors (Lipinski definition) is 6. The van der Waals surface area contributed by atoms with Crippen molar-refractivity contribution in [1.29, 1.82) is 0 Å². The minimum Gasteiger partial charge on any atom is -0.494 e. The quantitative estimate of drug-likeness (QED) is 0.403. The molecule has 8 nitrogen and oxygen atoms in total.